The van der Waals surface area contributed by atoms with Crippen LogP contribution in [0.4, 0.5) is 0 Å². The largest absolute Gasteiger partial charge is 0.378 e. The molecule has 106 valence electrons. The van der Waals surface area contributed by atoms with E-state index in [0.29, 0.717) is 25.5 Å². The molecule has 1 aliphatic rings. The molecule has 1 rings (SSSR count). The summed E-state index contributed by atoms with van der Waals surface area (Å²) in [5.41, 5.74) is 0. The summed E-state index contributed by atoms with van der Waals surface area (Å²) >= 11 is 0. The van der Waals surface area contributed by atoms with Crippen LogP contribution in [-0.4, -0.2) is 64.3 Å². The molecule has 0 aliphatic carbocycles. The molecule has 0 bridgehead atoms. The zero-order chi connectivity index (χ0) is 13.2. The maximum atomic E-state index is 11.5. The fourth-order valence-corrected chi connectivity index (χ4v) is 2.00. The van der Waals surface area contributed by atoms with Gasteiger partial charge in [-0.25, -0.2) is 0 Å². The molecule has 1 fully saturated rings. The van der Waals surface area contributed by atoms with Gasteiger partial charge in [0, 0.05) is 19.5 Å². The summed E-state index contributed by atoms with van der Waals surface area (Å²) in [4.78, 5) is 13.6. The summed E-state index contributed by atoms with van der Waals surface area (Å²) in [6, 6.07) is 0. The van der Waals surface area contributed by atoms with Gasteiger partial charge in [-0.2, -0.15) is 0 Å². The number of carbonyl (C=O) groups excluding carboxylic acids is 1. The van der Waals surface area contributed by atoms with Crippen molar-refractivity contribution in [1.29, 1.82) is 0 Å². The van der Waals surface area contributed by atoms with E-state index in [4.69, 9.17) is 4.74 Å². The standard InChI is InChI=1S/C13H27N3O2/c1-16(2)8-10-18-9-7-15-13(17)4-3-12-5-6-14-11-12/h12,14H,3-11H2,1-2H3,(H,15,17). The lowest BCUT2D eigenvalue weighted by Crippen LogP contribution is -2.28. The van der Waals surface area contributed by atoms with Crippen molar-refractivity contribution in [2.24, 2.45) is 5.92 Å². The Labute approximate surface area is 110 Å². The Balaban J connectivity index is 1.87. The van der Waals surface area contributed by atoms with E-state index in [-0.39, 0.29) is 5.91 Å². The summed E-state index contributed by atoms with van der Waals surface area (Å²) < 4.78 is 5.41. The number of nitrogens with zero attached hydrogens (tertiary/aromatic N) is 1. The van der Waals surface area contributed by atoms with Gasteiger partial charge < -0.3 is 20.3 Å². The van der Waals surface area contributed by atoms with Crippen LogP contribution < -0.4 is 10.6 Å². The molecule has 1 heterocycles. The van der Waals surface area contributed by atoms with Gasteiger partial charge in [-0.3, -0.25) is 4.79 Å². The highest BCUT2D eigenvalue weighted by atomic mass is 16.5. The number of ether oxygens (including phenoxy) is 1. The summed E-state index contributed by atoms with van der Waals surface area (Å²) in [5.74, 6) is 0.838. The average molecular weight is 257 g/mol. The highest BCUT2D eigenvalue weighted by Gasteiger charge is 2.15. The molecular weight excluding hydrogens is 230 g/mol. The van der Waals surface area contributed by atoms with Gasteiger partial charge in [0.1, 0.15) is 0 Å². The van der Waals surface area contributed by atoms with Gasteiger partial charge in [-0.05, 0) is 45.9 Å². The molecule has 1 amide bonds. The normalized spacial score (nSPS) is 19.4. The van der Waals surface area contributed by atoms with Crippen molar-refractivity contribution in [1.82, 2.24) is 15.5 Å². The Kier molecular flexibility index (Phi) is 7.96. The topological polar surface area (TPSA) is 53.6 Å². The number of hydrogen-bond donors (Lipinski definition) is 2. The van der Waals surface area contributed by atoms with Gasteiger partial charge in [0.05, 0.1) is 13.2 Å². The highest BCUT2D eigenvalue weighted by Crippen LogP contribution is 2.13. The Hall–Kier alpha value is -0.650. The van der Waals surface area contributed by atoms with Crippen LogP contribution in [0.3, 0.4) is 0 Å². The van der Waals surface area contributed by atoms with Crippen LogP contribution in [0, 0.1) is 5.92 Å². The maximum Gasteiger partial charge on any atom is 0.220 e. The van der Waals surface area contributed by atoms with Crippen molar-refractivity contribution < 1.29 is 9.53 Å². The van der Waals surface area contributed by atoms with Crippen LogP contribution in [0.1, 0.15) is 19.3 Å². The van der Waals surface area contributed by atoms with E-state index < -0.39 is 0 Å². The van der Waals surface area contributed by atoms with Gasteiger partial charge in [0.25, 0.3) is 0 Å². The summed E-state index contributed by atoms with van der Waals surface area (Å²) in [5, 5.41) is 6.21. The van der Waals surface area contributed by atoms with E-state index in [1.54, 1.807) is 0 Å². The zero-order valence-electron chi connectivity index (χ0n) is 11.7. The van der Waals surface area contributed by atoms with E-state index in [9.17, 15) is 4.79 Å². The fraction of sp³-hybridized carbons (Fsp3) is 0.923. The van der Waals surface area contributed by atoms with E-state index in [1.807, 2.05) is 14.1 Å². The lowest BCUT2D eigenvalue weighted by Gasteiger charge is -2.11. The Morgan fingerprint density at radius 1 is 1.44 bits per heavy atom. The minimum Gasteiger partial charge on any atom is -0.378 e. The second-order valence-corrected chi connectivity index (χ2v) is 5.16. The Bertz CT molecular complexity index is 228. The molecule has 0 aromatic rings. The first kappa shape index (κ1) is 15.4. The second kappa shape index (κ2) is 9.30. The van der Waals surface area contributed by atoms with Crippen molar-refractivity contribution in [3.05, 3.63) is 0 Å². The van der Waals surface area contributed by atoms with Crippen molar-refractivity contribution in [2.45, 2.75) is 19.3 Å². The van der Waals surface area contributed by atoms with Gasteiger partial charge in [0.2, 0.25) is 5.91 Å². The number of hydrogen-bond acceptors (Lipinski definition) is 4. The molecule has 0 aromatic heterocycles. The molecule has 0 saturated carbocycles. The molecule has 2 N–H and O–H groups in total. The lowest BCUT2D eigenvalue weighted by molar-refractivity contribution is -0.121. The third-order valence-corrected chi connectivity index (χ3v) is 3.19. The third kappa shape index (κ3) is 7.63. The molecule has 5 heteroatoms. The van der Waals surface area contributed by atoms with Crippen molar-refractivity contribution in [2.75, 3.05) is 53.5 Å². The van der Waals surface area contributed by atoms with Crippen molar-refractivity contribution in [3.63, 3.8) is 0 Å². The minimum absolute atomic E-state index is 0.151. The molecular formula is C13H27N3O2. The molecule has 0 radical (unpaired) electrons. The third-order valence-electron chi connectivity index (χ3n) is 3.19. The van der Waals surface area contributed by atoms with Gasteiger partial charge >= 0.3 is 0 Å². The smallest absolute Gasteiger partial charge is 0.220 e. The summed E-state index contributed by atoms with van der Waals surface area (Å²) in [6.07, 6.45) is 2.85. The van der Waals surface area contributed by atoms with Crippen LogP contribution in [0.2, 0.25) is 0 Å². The maximum absolute atomic E-state index is 11.5. The molecule has 5 nitrogen and oxygen atoms in total. The Morgan fingerprint density at radius 2 is 2.28 bits per heavy atom. The molecule has 1 unspecified atom stereocenters. The molecule has 0 aromatic carbocycles. The molecule has 0 spiro atoms. The molecule has 1 aliphatic heterocycles. The first-order valence-corrected chi connectivity index (χ1v) is 6.88. The van der Waals surface area contributed by atoms with Gasteiger partial charge in [0.15, 0.2) is 0 Å². The first-order valence-electron chi connectivity index (χ1n) is 6.88. The van der Waals surface area contributed by atoms with Crippen molar-refractivity contribution >= 4 is 5.91 Å². The number of likely N-dealkylation sites (N-methyl/N-ethyl adjacent to an activating group) is 1. The number of nitrogens with one attached hydrogen (secondary N) is 2. The fourth-order valence-electron chi connectivity index (χ4n) is 2.00. The molecule has 1 atom stereocenters. The number of amides is 1. The quantitative estimate of drug-likeness (QED) is 0.574. The Morgan fingerprint density at radius 3 is 2.94 bits per heavy atom. The van der Waals surface area contributed by atoms with Crippen molar-refractivity contribution in [3.8, 4) is 0 Å². The summed E-state index contributed by atoms with van der Waals surface area (Å²) in [7, 11) is 4.03. The van der Waals surface area contributed by atoms with E-state index in [1.165, 1.54) is 6.42 Å². The van der Waals surface area contributed by atoms with E-state index in [2.05, 4.69) is 15.5 Å². The molecule has 18 heavy (non-hydrogen) atoms. The van der Waals surface area contributed by atoms with Crippen LogP contribution in [0.25, 0.3) is 0 Å². The number of carbonyl (C=O) groups is 1. The average Bonchev–Trinajstić information content (AvgIpc) is 2.83. The first-order chi connectivity index (χ1) is 8.68. The predicted octanol–water partition coefficient (Wildman–Crippen LogP) is 0.0705. The second-order valence-electron chi connectivity index (χ2n) is 5.16. The molecule has 1 saturated heterocycles. The van der Waals surface area contributed by atoms with Gasteiger partial charge in [-0.15, -0.1) is 0 Å². The number of rotatable bonds is 9. The monoisotopic (exact) mass is 257 g/mol. The minimum atomic E-state index is 0.151. The van der Waals surface area contributed by atoms with Crippen LogP contribution in [-0.2, 0) is 9.53 Å². The summed E-state index contributed by atoms with van der Waals surface area (Å²) in [6.45, 7) is 5.03. The predicted molar refractivity (Wildman–Crippen MR) is 72.6 cm³/mol. The van der Waals surface area contributed by atoms with E-state index >= 15 is 0 Å². The zero-order valence-corrected chi connectivity index (χ0v) is 11.7. The lowest BCUT2D eigenvalue weighted by atomic mass is 10.0. The highest BCUT2D eigenvalue weighted by molar-refractivity contribution is 5.75. The van der Waals surface area contributed by atoms with Crippen LogP contribution >= 0.6 is 0 Å². The van der Waals surface area contributed by atoms with Gasteiger partial charge in [-0.1, -0.05) is 0 Å². The van der Waals surface area contributed by atoms with Crippen LogP contribution in [0.5, 0.6) is 0 Å². The van der Waals surface area contributed by atoms with E-state index in [0.717, 1.165) is 32.7 Å². The van der Waals surface area contributed by atoms with Crippen LogP contribution in [0.15, 0.2) is 0 Å². The SMILES string of the molecule is CN(C)CCOCCNC(=O)CCC1CCNC1.